The smallest absolute Gasteiger partial charge is 0.410 e. The Bertz CT molecular complexity index is 3040. The van der Waals surface area contributed by atoms with Crippen LogP contribution in [0.3, 0.4) is 0 Å². The number of ketones is 3. The Hall–Kier alpha value is -7.20. The lowest BCUT2D eigenvalue weighted by Crippen LogP contribution is -2.54. The van der Waals surface area contributed by atoms with Gasteiger partial charge in [-0.2, -0.15) is 0 Å². The summed E-state index contributed by atoms with van der Waals surface area (Å²) in [5, 5.41) is 27.1. The van der Waals surface area contributed by atoms with Crippen LogP contribution in [0.2, 0.25) is 0 Å². The highest BCUT2D eigenvalue weighted by Gasteiger charge is 2.43. The molecule has 2 fully saturated rings. The summed E-state index contributed by atoms with van der Waals surface area (Å²) in [5.74, 6) is -3.58. The highest BCUT2D eigenvalue weighted by Crippen LogP contribution is 2.33. The van der Waals surface area contributed by atoms with Gasteiger partial charge in [-0.3, -0.25) is 43.3 Å². The molecule has 6 N–H and O–H groups in total. The number of carbonyl (C=O) groups is 10. The fourth-order valence-corrected chi connectivity index (χ4v) is 13.3. The first-order valence-corrected chi connectivity index (χ1v) is 36.1. The lowest BCUT2D eigenvalue weighted by Gasteiger charge is -2.40. The molecular weight excluding hydrogens is 1260 g/mol. The second-order valence-corrected chi connectivity index (χ2v) is 28.5. The van der Waals surface area contributed by atoms with Gasteiger partial charge in [-0.15, -0.1) is 0 Å². The van der Waals surface area contributed by atoms with Crippen molar-refractivity contribution in [3.8, 4) is 0 Å². The number of Topliss-reactive ketones (excluding diaryl/α,β-unsaturated/α-hetero) is 3. The molecule has 0 radical (unpaired) electrons. The van der Waals surface area contributed by atoms with Crippen LogP contribution in [0.25, 0.3) is 0 Å². The maximum absolute atomic E-state index is 13.9. The van der Waals surface area contributed by atoms with Crippen molar-refractivity contribution in [1.29, 1.82) is 0 Å². The number of unbranched alkanes of at least 4 members (excludes halogenated alkanes) is 3. The number of nitrogens with two attached hydrogens (primary N) is 1. The minimum Gasteiger partial charge on any atom is -0.445 e. The summed E-state index contributed by atoms with van der Waals surface area (Å²) in [7, 11) is 5.01. The quantitative estimate of drug-likeness (QED) is 0.0261. The molecule has 13 atom stereocenters. The molecule has 550 valence electrons. The van der Waals surface area contributed by atoms with Gasteiger partial charge in [-0.1, -0.05) is 153 Å². The average Bonchev–Trinajstić information content (AvgIpc) is 1.82. The topological polar surface area (TPSA) is 293 Å². The van der Waals surface area contributed by atoms with Gasteiger partial charge in [0.05, 0.1) is 36.8 Å². The van der Waals surface area contributed by atoms with Gasteiger partial charge in [0.1, 0.15) is 18.2 Å². The normalized spacial score (nSPS) is 18.0. The molecule has 3 aromatic carbocycles. The first kappa shape index (κ1) is 84.2. The van der Waals surface area contributed by atoms with E-state index in [2.05, 4.69) is 10.6 Å². The number of amides is 7. The zero-order chi connectivity index (χ0) is 73.6. The molecule has 0 saturated carbocycles. The third-order valence-electron chi connectivity index (χ3n) is 20.3. The summed E-state index contributed by atoms with van der Waals surface area (Å²) in [5.41, 5.74) is 8.93. The van der Waals surface area contributed by atoms with Gasteiger partial charge in [0.15, 0.2) is 5.78 Å². The van der Waals surface area contributed by atoms with E-state index in [-0.39, 0.29) is 128 Å². The van der Waals surface area contributed by atoms with Crippen LogP contribution >= 0.6 is 0 Å². The number of nitrogens with zero attached hydrogens (tertiary/aromatic N) is 4. The molecule has 5 rings (SSSR count). The van der Waals surface area contributed by atoms with Gasteiger partial charge in [0.2, 0.25) is 35.4 Å². The van der Waals surface area contributed by atoms with E-state index in [0.717, 1.165) is 29.5 Å². The number of benzene rings is 3. The van der Waals surface area contributed by atoms with E-state index in [1.807, 2.05) is 121 Å². The van der Waals surface area contributed by atoms with Crippen molar-refractivity contribution in [1.82, 2.24) is 30.2 Å². The minimum atomic E-state index is -0.887. The number of carbonyl (C=O) groups excluding carboxylic acids is 10. The van der Waals surface area contributed by atoms with Crippen molar-refractivity contribution >= 4 is 58.9 Å². The zero-order valence-electron chi connectivity index (χ0n) is 61.8. The number of imide groups is 1. The van der Waals surface area contributed by atoms with Crippen molar-refractivity contribution in [2.24, 2.45) is 53.1 Å². The van der Waals surface area contributed by atoms with Crippen molar-refractivity contribution in [2.75, 3.05) is 47.4 Å². The van der Waals surface area contributed by atoms with Crippen LogP contribution in [0, 0.1) is 47.3 Å². The van der Waals surface area contributed by atoms with E-state index >= 15 is 0 Å². The lowest BCUT2D eigenvalue weighted by molar-refractivity contribution is -0.148. The number of rotatable bonds is 41. The molecule has 2 aliphatic heterocycles. The predicted octanol–water partition coefficient (Wildman–Crippen LogP) is 9.79. The third-order valence-corrected chi connectivity index (χ3v) is 20.3. The summed E-state index contributed by atoms with van der Waals surface area (Å²) in [6.45, 7) is 22.0. The summed E-state index contributed by atoms with van der Waals surface area (Å²) < 4.78 is 11.4. The second kappa shape index (κ2) is 42.8. The van der Waals surface area contributed by atoms with Crippen LogP contribution in [0.5, 0.6) is 0 Å². The van der Waals surface area contributed by atoms with Gasteiger partial charge in [0, 0.05) is 115 Å². The minimum absolute atomic E-state index is 0.0216. The van der Waals surface area contributed by atoms with Crippen LogP contribution in [0.4, 0.5) is 4.79 Å². The number of hydrogen-bond donors (Lipinski definition) is 5. The predicted molar refractivity (Wildman–Crippen MR) is 383 cm³/mol. The van der Waals surface area contributed by atoms with Gasteiger partial charge in [-0.25, -0.2) is 4.79 Å². The van der Waals surface area contributed by atoms with Crippen molar-refractivity contribution in [2.45, 2.75) is 228 Å². The Labute approximate surface area is 589 Å². The number of aliphatic hydroxyl groups is 2. The highest BCUT2D eigenvalue weighted by molar-refractivity contribution is 6.03. The van der Waals surface area contributed by atoms with Gasteiger partial charge in [0.25, 0.3) is 0 Å². The number of methoxy groups -OCH3 is 1. The Morgan fingerprint density at radius 1 is 0.747 bits per heavy atom. The molecule has 21 nitrogen and oxygen atoms in total. The second-order valence-electron chi connectivity index (χ2n) is 28.5. The van der Waals surface area contributed by atoms with Crippen LogP contribution in [0.15, 0.2) is 84.9 Å². The first-order chi connectivity index (χ1) is 47.0. The molecule has 3 aromatic rings. The Kier molecular flexibility index (Phi) is 36.4. The number of likely N-dealkylation sites (N-methyl/N-ethyl adjacent to an activating group) is 1. The summed E-state index contributed by atoms with van der Waals surface area (Å²) in [4.78, 5) is 137. The molecule has 99 heavy (non-hydrogen) atoms. The first-order valence-electron chi connectivity index (χ1n) is 36.1. The van der Waals surface area contributed by atoms with Crippen LogP contribution in [0.1, 0.15) is 194 Å². The molecule has 21 heteroatoms. The molecule has 2 saturated heterocycles. The molecule has 0 aromatic heterocycles. The van der Waals surface area contributed by atoms with Gasteiger partial charge >= 0.3 is 6.09 Å². The van der Waals surface area contributed by atoms with Crippen LogP contribution in [-0.4, -0.2) is 172 Å². The zero-order valence-corrected chi connectivity index (χ0v) is 61.8. The number of aliphatic hydroxyl groups excluding tert-OH is 2. The van der Waals surface area contributed by atoms with Crippen molar-refractivity contribution in [3.05, 3.63) is 107 Å². The van der Waals surface area contributed by atoms with E-state index in [1.54, 1.807) is 68.8 Å². The lowest BCUT2D eigenvalue weighted by atomic mass is 9.84. The molecule has 2 unspecified atom stereocenters. The summed E-state index contributed by atoms with van der Waals surface area (Å²) >= 11 is 0. The number of nitrogens with one attached hydrogen (secondary N) is 2. The maximum Gasteiger partial charge on any atom is 0.410 e. The van der Waals surface area contributed by atoms with E-state index in [4.69, 9.17) is 15.2 Å². The molecule has 2 heterocycles. The average molecular weight is 1380 g/mol. The molecule has 0 bridgehead atoms. The fraction of sp³-hybridized carbons (Fsp3) is 0.641. The fourth-order valence-electron chi connectivity index (χ4n) is 13.3. The number of hydrogen-bond acceptors (Lipinski definition) is 15. The standard InChI is InChI=1S/C42H60N4O7.C36H59N3O7/c1-29(2)31(4)45(5)42(52)53-28-34-20-18-33(19-21-34)26-38(48)37(17-11-12-22-43)44-40(50)35(25-32-14-8-6-9-15-32)27-36(47)16-10-7-13-23-46-39(49)24-30(3)41(46)51;1-10-23(4)33(38(8)36(45)28(22(2)3)19-24(5)41)31(46-9)20-32(42)39-18-14-17-30(39)29(21-40)25(6)35(44)37-26(7)34(43)27-15-12-11-13-16-27/h6,8-9,14-15,18-21,29-31,35,37H,7,10-13,16-17,22-28,43H2,1-5H3,(H,44,50);11-13,15-16,22-23,25-26,28-31,33-34,40,43H,10,14,17-21H2,1-9H3,(H,37,44)/t30?,31?,35-,37+;23-,25+,26+,28-,29+,30-,31+,33-,34+/m10/s1. The summed E-state index contributed by atoms with van der Waals surface area (Å²) in [6.07, 6.45) is 5.28. The highest BCUT2D eigenvalue weighted by atomic mass is 16.6. The molecule has 2 aliphatic rings. The molecular formula is C78H119N7O14. The van der Waals surface area contributed by atoms with E-state index < -0.39 is 60.1 Å². The maximum atomic E-state index is 13.9. The third kappa shape index (κ3) is 26.4. The van der Waals surface area contributed by atoms with E-state index in [0.29, 0.717) is 88.9 Å². The Balaban J connectivity index is 0.000000425. The Morgan fingerprint density at radius 3 is 1.95 bits per heavy atom. The van der Waals surface area contributed by atoms with Crippen molar-refractivity contribution in [3.63, 3.8) is 0 Å². The van der Waals surface area contributed by atoms with Crippen LogP contribution < -0.4 is 16.4 Å². The molecule has 0 aliphatic carbocycles. The Morgan fingerprint density at radius 2 is 1.38 bits per heavy atom. The molecule has 7 amide bonds. The molecule has 0 spiro atoms. The van der Waals surface area contributed by atoms with Gasteiger partial charge < -0.3 is 55.5 Å². The summed E-state index contributed by atoms with van der Waals surface area (Å²) in [6, 6.07) is 24.0. The van der Waals surface area contributed by atoms with Gasteiger partial charge in [-0.05, 0) is 119 Å². The number of ether oxygens (including phenoxy) is 2. The van der Waals surface area contributed by atoms with Crippen molar-refractivity contribution < 1.29 is 67.6 Å². The van der Waals surface area contributed by atoms with E-state index in [1.165, 1.54) is 11.8 Å². The largest absolute Gasteiger partial charge is 0.445 e. The number of likely N-dealkylation sites (tertiary alicyclic amines) is 2. The SMILES string of the molecule is CC1CC(=O)N(CCCCCC(=O)C[C@@H](Cc2ccccc2)C(=O)N[C@@H](CCCCN)C(=O)Cc2ccc(COC(=O)N(C)C(C)C(C)C)cc2)C1=O.CC[C@H](C)[C@@H]([C@@H](CC(=O)N1CCC[C@H]1[C@H](CO)[C@@H](C)C(=O)N[C@H](C)[C@@H](O)c1ccccc1)OC)N(C)C(=O)[C@@H](CC(C)=O)C(C)C. The van der Waals surface area contributed by atoms with Crippen LogP contribution in [-0.2, 0) is 72.1 Å². The monoisotopic (exact) mass is 1380 g/mol. The van der Waals surface area contributed by atoms with E-state index in [9.17, 15) is 58.2 Å².